The minimum atomic E-state index is 0.167. The van der Waals surface area contributed by atoms with E-state index in [9.17, 15) is 0 Å². The van der Waals surface area contributed by atoms with Crippen LogP contribution in [0.4, 0.5) is 0 Å². The van der Waals surface area contributed by atoms with Crippen molar-refractivity contribution in [2.75, 3.05) is 13.1 Å². The smallest absolute Gasteiger partial charge is 0.139 e. The van der Waals surface area contributed by atoms with E-state index in [-0.39, 0.29) is 6.10 Å². The molecule has 0 radical (unpaired) electrons. The van der Waals surface area contributed by atoms with Crippen LogP contribution >= 0.6 is 15.9 Å². The molecular weight excluding hydrogens is 292 g/mol. The topological polar surface area (TPSA) is 34.1 Å². The Bertz CT molecular complexity index is 355. The molecule has 1 atom stereocenters. The maximum atomic E-state index is 5.98. The lowest BCUT2D eigenvalue weighted by Gasteiger charge is -2.23. The second kappa shape index (κ2) is 7.74. The van der Waals surface area contributed by atoms with E-state index >= 15 is 0 Å². The molecule has 0 saturated carbocycles. The fourth-order valence-electron chi connectivity index (χ4n) is 1.56. The van der Waals surface area contributed by atoms with E-state index in [1.807, 2.05) is 6.07 Å². The molecule has 1 N–H and O–H groups in total. The quantitative estimate of drug-likeness (QED) is 0.836. The first-order valence-corrected chi connectivity index (χ1v) is 7.26. The van der Waals surface area contributed by atoms with Crippen molar-refractivity contribution in [1.82, 2.24) is 10.3 Å². The highest BCUT2D eigenvalue weighted by Crippen LogP contribution is 2.19. The van der Waals surface area contributed by atoms with E-state index in [1.165, 1.54) is 0 Å². The Morgan fingerprint density at radius 2 is 1.94 bits per heavy atom. The number of rotatable bonds is 7. The van der Waals surface area contributed by atoms with Gasteiger partial charge < -0.3 is 10.1 Å². The van der Waals surface area contributed by atoms with Crippen LogP contribution in [0, 0.1) is 11.8 Å². The summed E-state index contributed by atoms with van der Waals surface area (Å²) >= 11 is 3.40. The predicted molar refractivity (Wildman–Crippen MR) is 78.9 cm³/mol. The van der Waals surface area contributed by atoms with Crippen LogP contribution in [0.3, 0.4) is 0 Å². The average Bonchev–Trinajstić information content (AvgIpc) is 2.27. The summed E-state index contributed by atoms with van der Waals surface area (Å²) < 4.78 is 6.93. The normalized spacial score (nSPS) is 13.1. The van der Waals surface area contributed by atoms with Crippen molar-refractivity contribution < 1.29 is 4.74 Å². The molecule has 1 aromatic heterocycles. The summed E-state index contributed by atoms with van der Waals surface area (Å²) in [7, 11) is 0. The molecule has 1 heterocycles. The molecule has 0 aliphatic heterocycles. The van der Waals surface area contributed by atoms with Crippen LogP contribution in [0.5, 0.6) is 5.75 Å². The summed E-state index contributed by atoms with van der Waals surface area (Å²) in [5.74, 6) is 1.93. The molecular formula is C14H23BrN2O. The van der Waals surface area contributed by atoms with Crippen LogP contribution in [-0.4, -0.2) is 24.2 Å². The highest BCUT2D eigenvalue weighted by atomic mass is 79.9. The van der Waals surface area contributed by atoms with Gasteiger partial charge in [-0.1, -0.05) is 27.7 Å². The Morgan fingerprint density at radius 1 is 1.22 bits per heavy atom. The zero-order valence-electron chi connectivity index (χ0n) is 11.6. The molecule has 1 aromatic rings. The van der Waals surface area contributed by atoms with Crippen molar-refractivity contribution in [3.05, 3.63) is 22.9 Å². The summed E-state index contributed by atoms with van der Waals surface area (Å²) in [6, 6.07) is 1.95. The Hall–Kier alpha value is -0.610. The van der Waals surface area contributed by atoms with Gasteiger partial charge in [-0.3, -0.25) is 4.98 Å². The van der Waals surface area contributed by atoms with Crippen LogP contribution in [0.1, 0.15) is 27.7 Å². The maximum Gasteiger partial charge on any atom is 0.139 e. The largest absolute Gasteiger partial charge is 0.487 e. The Labute approximate surface area is 118 Å². The van der Waals surface area contributed by atoms with Gasteiger partial charge in [-0.2, -0.15) is 0 Å². The van der Waals surface area contributed by atoms with Crippen LogP contribution < -0.4 is 10.1 Å². The lowest BCUT2D eigenvalue weighted by Crippen LogP contribution is -2.36. The number of nitrogens with one attached hydrogen (secondary N) is 1. The lowest BCUT2D eigenvalue weighted by atomic mass is 10.1. The molecule has 0 aliphatic rings. The van der Waals surface area contributed by atoms with Crippen molar-refractivity contribution >= 4 is 15.9 Å². The monoisotopic (exact) mass is 314 g/mol. The van der Waals surface area contributed by atoms with E-state index in [0.29, 0.717) is 11.8 Å². The van der Waals surface area contributed by atoms with Crippen molar-refractivity contribution in [3.63, 3.8) is 0 Å². The van der Waals surface area contributed by atoms with Crippen LogP contribution in [0.2, 0.25) is 0 Å². The highest BCUT2D eigenvalue weighted by molar-refractivity contribution is 9.10. The van der Waals surface area contributed by atoms with Crippen molar-refractivity contribution in [2.24, 2.45) is 11.8 Å². The van der Waals surface area contributed by atoms with Gasteiger partial charge in [0.2, 0.25) is 0 Å². The van der Waals surface area contributed by atoms with Gasteiger partial charge in [-0.25, -0.2) is 0 Å². The summed E-state index contributed by atoms with van der Waals surface area (Å²) in [6.45, 7) is 10.6. The number of aromatic nitrogens is 1. The Kier molecular flexibility index (Phi) is 6.65. The average molecular weight is 315 g/mol. The summed E-state index contributed by atoms with van der Waals surface area (Å²) in [6.07, 6.45) is 3.68. The summed E-state index contributed by atoms with van der Waals surface area (Å²) in [5, 5.41) is 3.44. The molecule has 0 aromatic carbocycles. The molecule has 4 heteroatoms. The van der Waals surface area contributed by atoms with Crippen LogP contribution in [-0.2, 0) is 0 Å². The van der Waals surface area contributed by atoms with E-state index in [0.717, 1.165) is 23.3 Å². The number of halogens is 1. The van der Waals surface area contributed by atoms with Gasteiger partial charge in [0, 0.05) is 17.2 Å². The second-order valence-corrected chi connectivity index (χ2v) is 6.21. The Morgan fingerprint density at radius 3 is 2.50 bits per heavy atom. The van der Waals surface area contributed by atoms with E-state index in [4.69, 9.17) is 4.74 Å². The zero-order valence-corrected chi connectivity index (χ0v) is 13.2. The molecule has 0 bridgehead atoms. The van der Waals surface area contributed by atoms with Gasteiger partial charge in [0.15, 0.2) is 0 Å². The molecule has 0 fully saturated rings. The number of ether oxygens (including phenoxy) is 1. The van der Waals surface area contributed by atoms with Gasteiger partial charge in [0.1, 0.15) is 11.9 Å². The van der Waals surface area contributed by atoms with Crippen LogP contribution in [0.15, 0.2) is 22.9 Å². The van der Waals surface area contributed by atoms with E-state index in [2.05, 4.69) is 53.9 Å². The van der Waals surface area contributed by atoms with Gasteiger partial charge in [-0.15, -0.1) is 0 Å². The standard InChI is InChI=1S/C14H23BrN2O/c1-10(2)6-16-9-14(11(3)4)18-13-5-12(15)7-17-8-13/h5,7-8,10-11,14,16H,6,9H2,1-4H3. The van der Waals surface area contributed by atoms with Crippen molar-refractivity contribution in [1.29, 1.82) is 0 Å². The van der Waals surface area contributed by atoms with Gasteiger partial charge in [0.25, 0.3) is 0 Å². The van der Waals surface area contributed by atoms with Crippen LogP contribution in [0.25, 0.3) is 0 Å². The highest BCUT2D eigenvalue weighted by Gasteiger charge is 2.15. The molecule has 0 saturated heterocycles. The predicted octanol–water partition coefficient (Wildman–Crippen LogP) is 3.49. The molecule has 0 aliphatic carbocycles. The first kappa shape index (κ1) is 15.4. The minimum Gasteiger partial charge on any atom is -0.487 e. The maximum absolute atomic E-state index is 5.98. The molecule has 0 spiro atoms. The molecule has 18 heavy (non-hydrogen) atoms. The van der Waals surface area contributed by atoms with E-state index in [1.54, 1.807) is 12.4 Å². The third-order valence-electron chi connectivity index (χ3n) is 2.61. The van der Waals surface area contributed by atoms with Gasteiger partial charge >= 0.3 is 0 Å². The third kappa shape index (κ3) is 5.83. The molecule has 1 rings (SSSR count). The van der Waals surface area contributed by atoms with Crippen molar-refractivity contribution in [3.8, 4) is 5.75 Å². The third-order valence-corrected chi connectivity index (χ3v) is 3.04. The number of hydrogen-bond acceptors (Lipinski definition) is 3. The number of nitrogens with zero attached hydrogens (tertiary/aromatic N) is 1. The lowest BCUT2D eigenvalue weighted by molar-refractivity contribution is 0.147. The molecule has 3 nitrogen and oxygen atoms in total. The summed E-state index contributed by atoms with van der Waals surface area (Å²) in [4.78, 5) is 4.11. The fourth-order valence-corrected chi connectivity index (χ4v) is 1.90. The second-order valence-electron chi connectivity index (χ2n) is 5.29. The SMILES string of the molecule is CC(C)CNCC(Oc1cncc(Br)c1)C(C)C. The first-order valence-electron chi connectivity index (χ1n) is 6.47. The minimum absolute atomic E-state index is 0.167. The van der Waals surface area contributed by atoms with Gasteiger partial charge in [0.05, 0.1) is 6.20 Å². The first-order chi connectivity index (χ1) is 8.49. The fraction of sp³-hybridized carbons (Fsp3) is 0.643. The van der Waals surface area contributed by atoms with Crippen molar-refractivity contribution in [2.45, 2.75) is 33.8 Å². The zero-order chi connectivity index (χ0) is 13.5. The number of pyridine rings is 1. The molecule has 1 unspecified atom stereocenters. The summed E-state index contributed by atoms with van der Waals surface area (Å²) in [5.41, 5.74) is 0. The Balaban J connectivity index is 2.52. The molecule has 102 valence electrons. The number of hydrogen-bond donors (Lipinski definition) is 1. The van der Waals surface area contributed by atoms with E-state index < -0.39 is 0 Å². The van der Waals surface area contributed by atoms with Gasteiger partial charge in [-0.05, 0) is 40.4 Å². The molecule has 0 amide bonds.